The summed E-state index contributed by atoms with van der Waals surface area (Å²) in [5.74, 6) is 0. The Bertz CT molecular complexity index is 267. The molecule has 1 aliphatic heterocycles. The van der Waals surface area contributed by atoms with E-state index in [4.69, 9.17) is 0 Å². The first-order valence-corrected chi connectivity index (χ1v) is 6.06. The van der Waals surface area contributed by atoms with Crippen LogP contribution in [0.1, 0.15) is 0 Å². The third kappa shape index (κ3) is 1.58. The molecule has 0 amide bonds. The van der Waals surface area contributed by atoms with E-state index >= 15 is 0 Å². The molecule has 1 saturated heterocycles. The van der Waals surface area contributed by atoms with Crippen molar-refractivity contribution in [3.63, 3.8) is 0 Å². The number of hydrogen-bond donors (Lipinski definition) is 0. The molecular weight excluding hydrogens is 179 g/mol. The van der Waals surface area contributed by atoms with E-state index in [0.717, 1.165) is 0 Å². The van der Waals surface area contributed by atoms with Crippen LogP contribution in [0.5, 0.6) is 0 Å². The molecule has 1 rings (SSSR count). The highest BCUT2D eigenvalue weighted by Gasteiger charge is 2.39. The Morgan fingerprint density at radius 1 is 1.60 bits per heavy atom. The Morgan fingerprint density at radius 3 is 2.40 bits per heavy atom. The van der Waals surface area contributed by atoms with Crippen molar-refractivity contribution in [2.24, 2.45) is 0 Å². The summed E-state index contributed by atoms with van der Waals surface area (Å²) in [6.07, 6.45) is -0.314. The molecule has 0 spiro atoms. The van der Waals surface area contributed by atoms with Crippen molar-refractivity contribution in [3.8, 4) is 0 Å². The summed E-state index contributed by atoms with van der Waals surface area (Å²) in [7, 11) is -5.32. The first-order chi connectivity index (χ1) is 4.47. The summed E-state index contributed by atoms with van der Waals surface area (Å²) >= 11 is 0. The van der Waals surface area contributed by atoms with Gasteiger partial charge >= 0.3 is 0 Å². The van der Waals surface area contributed by atoms with Crippen molar-refractivity contribution in [1.82, 2.24) is 0 Å². The Balaban J connectivity index is 2.87. The van der Waals surface area contributed by atoms with Gasteiger partial charge in [-0.05, 0) is 0 Å². The quantitative estimate of drug-likeness (QED) is 0.431. The SMILES string of the molecule is COP1(=O)COS(=O)(=O)C1. The maximum Gasteiger partial charge on any atom is 0.277 e. The van der Waals surface area contributed by atoms with Gasteiger partial charge in [0.2, 0.25) is 7.37 Å². The van der Waals surface area contributed by atoms with Crippen LogP contribution in [0.15, 0.2) is 0 Å². The second-order valence-electron chi connectivity index (χ2n) is 1.93. The zero-order valence-electron chi connectivity index (χ0n) is 5.31. The highest BCUT2D eigenvalue weighted by atomic mass is 32.2. The van der Waals surface area contributed by atoms with E-state index in [2.05, 4.69) is 8.71 Å². The van der Waals surface area contributed by atoms with Crippen LogP contribution in [0.3, 0.4) is 0 Å². The average molecular weight is 186 g/mol. The molecule has 0 aliphatic carbocycles. The molecule has 1 unspecified atom stereocenters. The standard InChI is InChI=1S/C3H7O5PS/c1-7-9(4)2-8-10(5,6)3-9/h2-3H2,1H3. The van der Waals surface area contributed by atoms with Gasteiger partial charge in [0.15, 0.2) is 5.49 Å². The van der Waals surface area contributed by atoms with Gasteiger partial charge in [-0.3, -0.25) is 8.75 Å². The van der Waals surface area contributed by atoms with E-state index in [1.54, 1.807) is 0 Å². The van der Waals surface area contributed by atoms with E-state index in [1.165, 1.54) is 7.11 Å². The zero-order valence-corrected chi connectivity index (χ0v) is 7.02. The Kier molecular flexibility index (Phi) is 1.89. The van der Waals surface area contributed by atoms with Gasteiger partial charge in [0.25, 0.3) is 10.1 Å². The monoisotopic (exact) mass is 186 g/mol. The van der Waals surface area contributed by atoms with E-state index in [0.29, 0.717) is 0 Å². The lowest BCUT2D eigenvalue weighted by atomic mass is 11.7. The minimum atomic E-state index is -3.55. The number of hydrogen-bond acceptors (Lipinski definition) is 5. The average Bonchev–Trinajstić information content (AvgIpc) is 2.08. The van der Waals surface area contributed by atoms with Gasteiger partial charge in [-0.15, -0.1) is 0 Å². The molecule has 7 heteroatoms. The molecule has 0 N–H and O–H groups in total. The molecule has 60 valence electrons. The third-order valence-electron chi connectivity index (χ3n) is 1.12. The van der Waals surface area contributed by atoms with Crippen LogP contribution in [0.4, 0.5) is 0 Å². The lowest BCUT2D eigenvalue weighted by molar-refractivity contribution is 0.347. The molecule has 0 aromatic rings. The molecule has 1 heterocycles. The highest BCUT2D eigenvalue weighted by Crippen LogP contribution is 2.52. The van der Waals surface area contributed by atoms with Crippen LogP contribution in [0, 0.1) is 0 Å². The van der Waals surface area contributed by atoms with E-state index in [-0.39, 0.29) is 6.35 Å². The maximum absolute atomic E-state index is 11.1. The molecule has 5 nitrogen and oxygen atoms in total. The molecule has 0 radical (unpaired) electrons. The first kappa shape index (κ1) is 8.20. The van der Waals surface area contributed by atoms with Crippen molar-refractivity contribution in [2.75, 3.05) is 19.0 Å². The van der Waals surface area contributed by atoms with Crippen molar-refractivity contribution in [3.05, 3.63) is 0 Å². The molecule has 1 atom stereocenters. The topological polar surface area (TPSA) is 69.7 Å². The fraction of sp³-hybridized carbons (Fsp3) is 1.00. The van der Waals surface area contributed by atoms with E-state index < -0.39 is 23.0 Å². The normalized spacial score (nSPS) is 38.1. The molecule has 1 fully saturated rings. The molecular formula is C3H7O5PS. The van der Waals surface area contributed by atoms with Crippen molar-refractivity contribution < 1.29 is 21.7 Å². The molecule has 0 aromatic carbocycles. The summed E-state index contributed by atoms with van der Waals surface area (Å²) < 4.78 is 40.8. The van der Waals surface area contributed by atoms with Gasteiger partial charge in [-0.2, -0.15) is 8.42 Å². The molecule has 0 aromatic heterocycles. The van der Waals surface area contributed by atoms with Crippen LogP contribution in [0.25, 0.3) is 0 Å². The van der Waals surface area contributed by atoms with Gasteiger partial charge in [0, 0.05) is 7.11 Å². The second-order valence-corrected chi connectivity index (χ2v) is 6.57. The predicted octanol–water partition coefficient (Wildman–Crippen LogP) is 0.186. The van der Waals surface area contributed by atoms with Gasteiger partial charge < -0.3 is 4.52 Å². The molecule has 0 bridgehead atoms. The van der Waals surface area contributed by atoms with Crippen molar-refractivity contribution in [2.45, 2.75) is 0 Å². The summed E-state index contributed by atoms with van der Waals surface area (Å²) in [4.78, 5) is 0. The largest absolute Gasteiger partial charge is 0.329 e. The third-order valence-corrected chi connectivity index (χ3v) is 5.79. The zero-order chi connectivity index (χ0) is 7.83. The Hall–Kier alpha value is 0.100. The molecule has 1 aliphatic rings. The first-order valence-electron chi connectivity index (χ1n) is 2.48. The van der Waals surface area contributed by atoms with Crippen LogP contribution >= 0.6 is 7.37 Å². The van der Waals surface area contributed by atoms with Crippen LogP contribution in [0.2, 0.25) is 0 Å². The lowest BCUT2D eigenvalue weighted by Crippen LogP contribution is -1.97. The van der Waals surface area contributed by atoms with Crippen LogP contribution < -0.4 is 0 Å². The number of rotatable bonds is 1. The van der Waals surface area contributed by atoms with Crippen molar-refractivity contribution >= 4 is 17.5 Å². The Morgan fingerprint density at radius 2 is 2.20 bits per heavy atom. The van der Waals surface area contributed by atoms with Crippen LogP contribution in [-0.4, -0.2) is 27.4 Å². The highest BCUT2D eigenvalue weighted by molar-refractivity contribution is 7.96. The van der Waals surface area contributed by atoms with Gasteiger partial charge in [-0.25, -0.2) is 0 Å². The van der Waals surface area contributed by atoms with Crippen LogP contribution in [-0.2, 0) is 23.4 Å². The summed E-state index contributed by atoms with van der Waals surface area (Å²) in [6.45, 7) is 0. The van der Waals surface area contributed by atoms with Gasteiger partial charge in [0.1, 0.15) is 6.35 Å². The lowest BCUT2D eigenvalue weighted by Gasteiger charge is -2.00. The fourth-order valence-electron chi connectivity index (χ4n) is 0.581. The summed E-state index contributed by atoms with van der Waals surface area (Å²) in [5, 5.41) is 0. The smallest absolute Gasteiger partial charge is 0.277 e. The maximum atomic E-state index is 11.1. The van der Waals surface area contributed by atoms with Crippen molar-refractivity contribution in [1.29, 1.82) is 0 Å². The Labute approximate surface area is 58.9 Å². The minimum Gasteiger partial charge on any atom is -0.329 e. The molecule has 0 saturated carbocycles. The van der Waals surface area contributed by atoms with E-state index in [1.807, 2.05) is 0 Å². The fourth-order valence-corrected chi connectivity index (χ4v) is 4.92. The second kappa shape index (κ2) is 2.30. The predicted molar refractivity (Wildman–Crippen MR) is 34.4 cm³/mol. The van der Waals surface area contributed by atoms with Gasteiger partial charge in [0.05, 0.1) is 0 Å². The van der Waals surface area contributed by atoms with E-state index in [9.17, 15) is 13.0 Å². The molecule has 10 heavy (non-hydrogen) atoms. The minimum absolute atomic E-state index is 0.314. The van der Waals surface area contributed by atoms with Gasteiger partial charge in [-0.1, -0.05) is 0 Å². The summed E-state index contributed by atoms with van der Waals surface area (Å²) in [6, 6.07) is 0. The summed E-state index contributed by atoms with van der Waals surface area (Å²) in [5.41, 5.74) is -0.490.